The first-order valence-electron chi connectivity index (χ1n) is 9.72. The predicted molar refractivity (Wildman–Crippen MR) is 99.1 cm³/mol. The second-order valence-corrected chi connectivity index (χ2v) is 7.29. The second-order valence-electron chi connectivity index (χ2n) is 7.29. The van der Waals surface area contributed by atoms with Crippen molar-refractivity contribution in [3.63, 3.8) is 0 Å². The van der Waals surface area contributed by atoms with Crippen LogP contribution in [-0.4, -0.2) is 74.4 Å². The Bertz CT molecular complexity index is 778. The van der Waals surface area contributed by atoms with Crippen LogP contribution in [0.4, 0.5) is 5.69 Å². The zero-order chi connectivity index (χ0) is 18.8. The van der Waals surface area contributed by atoms with E-state index < -0.39 is 0 Å². The van der Waals surface area contributed by atoms with Gasteiger partial charge in [-0.15, -0.1) is 0 Å². The van der Waals surface area contributed by atoms with Crippen LogP contribution < -0.4 is 4.90 Å². The summed E-state index contributed by atoms with van der Waals surface area (Å²) in [5, 5.41) is 8.24. The molecule has 2 saturated heterocycles. The molecule has 2 fully saturated rings. The van der Waals surface area contributed by atoms with Crippen molar-refractivity contribution >= 4 is 11.6 Å². The van der Waals surface area contributed by atoms with Crippen molar-refractivity contribution in [3.05, 3.63) is 24.1 Å². The lowest BCUT2D eigenvalue weighted by Gasteiger charge is -2.42. The summed E-state index contributed by atoms with van der Waals surface area (Å²) in [6.07, 6.45) is 6.40. The fourth-order valence-electron chi connectivity index (χ4n) is 3.93. The van der Waals surface area contributed by atoms with E-state index in [0.29, 0.717) is 12.4 Å². The summed E-state index contributed by atoms with van der Waals surface area (Å²) < 4.78 is 6.93. The van der Waals surface area contributed by atoms with Crippen LogP contribution in [0.3, 0.4) is 0 Å². The summed E-state index contributed by atoms with van der Waals surface area (Å²) in [7, 11) is 1.88. The second kappa shape index (κ2) is 7.77. The minimum atomic E-state index is -0.0297. The zero-order valence-corrected chi connectivity index (χ0v) is 16.0. The number of hydrogen-bond acceptors (Lipinski definition) is 7. The van der Waals surface area contributed by atoms with E-state index in [1.807, 2.05) is 25.1 Å². The van der Waals surface area contributed by atoms with Crippen LogP contribution in [0.1, 0.15) is 31.5 Å². The molecule has 2 aliphatic heterocycles. The fraction of sp³-hybridized carbons (Fsp3) is 0.667. The first-order valence-corrected chi connectivity index (χ1v) is 9.72. The lowest BCUT2D eigenvalue weighted by molar-refractivity contribution is -0.126. The van der Waals surface area contributed by atoms with Gasteiger partial charge in [-0.1, -0.05) is 12.1 Å². The average Bonchev–Trinajstić information content (AvgIpc) is 3.31. The van der Waals surface area contributed by atoms with Crippen molar-refractivity contribution in [1.82, 2.24) is 29.7 Å². The Labute approximate surface area is 158 Å². The third-order valence-electron chi connectivity index (χ3n) is 5.44. The number of anilines is 1. The highest BCUT2D eigenvalue weighted by molar-refractivity contribution is 5.97. The topological polar surface area (TPSA) is 83.5 Å². The number of hydrogen-bond donors (Lipinski definition) is 0. The Kier molecular flexibility index (Phi) is 5.22. The minimum absolute atomic E-state index is 0.0297. The molecule has 0 saturated carbocycles. The van der Waals surface area contributed by atoms with E-state index in [1.54, 1.807) is 10.9 Å². The molecule has 0 bridgehead atoms. The van der Waals surface area contributed by atoms with E-state index in [2.05, 4.69) is 25.0 Å². The lowest BCUT2D eigenvalue weighted by atomic mass is 10.0. The van der Waals surface area contributed by atoms with Gasteiger partial charge in [0.2, 0.25) is 11.8 Å². The quantitative estimate of drug-likeness (QED) is 0.762. The molecule has 2 aromatic rings. The molecule has 27 heavy (non-hydrogen) atoms. The smallest absolute Gasteiger partial charge is 0.244 e. The Hall–Kier alpha value is -2.26. The Morgan fingerprint density at radius 1 is 1.22 bits per heavy atom. The Balaban J connectivity index is 1.34. The number of nitrogens with zero attached hydrogens (tertiary/aromatic N) is 7. The van der Waals surface area contributed by atoms with Gasteiger partial charge in [0, 0.05) is 52.4 Å². The zero-order valence-electron chi connectivity index (χ0n) is 16.0. The Morgan fingerprint density at radius 2 is 2.04 bits per heavy atom. The number of carbonyl (C=O) groups excluding carboxylic acids is 1. The number of piperazine rings is 1. The van der Waals surface area contributed by atoms with Crippen molar-refractivity contribution in [2.75, 3.05) is 37.6 Å². The van der Waals surface area contributed by atoms with E-state index in [0.717, 1.165) is 63.5 Å². The maximum Gasteiger partial charge on any atom is 0.244 e. The standard InChI is InChI=1S/C18H27N7O2/c1-3-17-20-16(21-27-17)13-23-7-9-24(10-8-23)15-5-4-6-25(18(15)26)14-11-19-22(2)12-14/h11-12,15H,3-10,13H2,1-2H3/t15-/m1/s1. The van der Waals surface area contributed by atoms with Gasteiger partial charge in [0.05, 0.1) is 24.5 Å². The molecular formula is C18H27N7O2. The molecule has 4 rings (SSSR count). The maximum atomic E-state index is 13.0. The van der Waals surface area contributed by atoms with E-state index in [9.17, 15) is 4.79 Å². The molecule has 146 valence electrons. The SMILES string of the molecule is CCc1nc(CN2CCN([C@@H]3CCCN(c4cnn(C)c4)C3=O)CC2)no1. The van der Waals surface area contributed by atoms with Gasteiger partial charge in [-0.05, 0) is 12.8 Å². The third kappa shape index (κ3) is 3.89. The third-order valence-corrected chi connectivity index (χ3v) is 5.44. The van der Waals surface area contributed by atoms with Crippen LogP contribution in [0.15, 0.2) is 16.9 Å². The van der Waals surface area contributed by atoms with Crippen LogP contribution in [0.25, 0.3) is 0 Å². The van der Waals surface area contributed by atoms with Crippen molar-refractivity contribution in [1.29, 1.82) is 0 Å². The van der Waals surface area contributed by atoms with Crippen LogP contribution in [0.5, 0.6) is 0 Å². The summed E-state index contributed by atoms with van der Waals surface area (Å²) in [5.74, 6) is 1.64. The van der Waals surface area contributed by atoms with Gasteiger partial charge >= 0.3 is 0 Å². The number of aryl methyl sites for hydroxylation is 2. The van der Waals surface area contributed by atoms with Crippen LogP contribution in [0, 0.1) is 0 Å². The lowest BCUT2D eigenvalue weighted by Crippen LogP contribution is -2.57. The van der Waals surface area contributed by atoms with Gasteiger partial charge in [-0.2, -0.15) is 10.1 Å². The number of carbonyl (C=O) groups is 1. The summed E-state index contributed by atoms with van der Waals surface area (Å²) in [6.45, 7) is 7.08. The molecule has 9 heteroatoms. The fourth-order valence-corrected chi connectivity index (χ4v) is 3.93. The molecule has 2 aromatic heterocycles. The number of piperidine rings is 1. The first-order chi connectivity index (χ1) is 13.1. The molecule has 0 aromatic carbocycles. The molecule has 9 nitrogen and oxygen atoms in total. The van der Waals surface area contributed by atoms with Gasteiger partial charge < -0.3 is 9.42 Å². The summed E-state index contributed by atoms with van der Waals surface area (Å²) in [4.78, 5) is 24.0. The number of rotatable bonds is 5. The molecule has 4 heterocycles. The molecule has 0 radical (unpaired) electrons. The molecule has 0 N–H and O–H groups in total. The summed E-state index contributed by atoms with van der Waals surface area (Å²) in [6, 6.07) is -0.0297. The van der Waals surface area contributed by atoms with Crippen molar-refractivity contribution in [2.45, 2.75) is 38.8 Å². The van der Waals surface area contributed by atoms with Crippen molar-refractivity contribution in [2.24, 2.45) is 7.05 Å². The monoisotopic (exact) mass is 373 g/mol. The molecule has 0 unspecified atom stereocenters. The molecular weight excluding hydrogens is 346 g/mol. The predicted octanol–water partition coefficient (Wildman–Crippen LogP) is 0.679. The van der Waals surface area contributed by atoms with Gasteiger partial charge in [0.15, 0.2) is 5.82 Å². The van der Waals surface area contributed by atoms with Gasteiger partial charge in [-0.3, -0.25) is 19.3 Å². The number of aromatic nitrogens is 4. The van der Waals surface area contributed by atoms with Crippen molar-refractivity contribution < 1.29 is 9.32 Å². The van der Waals surface area contributed by atoms with Crippen LogP contribution >= 0.6 is 0 Å². The molecule has 0 spiro atoms. The molecule has 2 aliphatic rings. The van der Waals surface area contributed by atoms with Crippen LogP contribution in [0.2, 0.25) is 0 Å². The largest absolute Gasteiger partial charge is 0.339 e. The minimum Gasteiger partial charge on any atom is -0.339 e. The summed E-state index contributed by atoms with van der Waals surface area (Å²) in [5.41, 5.74) is 0.898. The molecule has 1 amide bonds. The van der Waals surface area contributed by atoms with E-state index in [-0.39, 0.29) is 11.9 Å². The van der Waals surface area contributed by atoms with E-state index >= 15 is 0 Å². The molecule has 1 atom stereocenters. The van der Waals surface area contributed by atoms with Gasteiger partial charge in [-0.25, -0.2) is 0 Å². The molecule has 0 aliphatic carbocycles. The highest BCUT2D eigenvalue weighted by Crippen LogP contribution is 2.24. The summed E-state index contributed by atoms with van der Waals surface area (Å²) >= 11 is 0. The van der Waals surface area contributed by atoms with Gasteiger partial charge in [0.25, 0.3) is 0 Å². The first kappa shape index (κ1) is 18.1. The highest BCUT2D eigenvalue weighted by Gasteiger charge is 2.35. The van der Waals surface area contributed by atoms with Crippen LogP contribution in [-0.2, 0) is 24.8 Å². The normalized spacial score (nSPS) is 22.5. The number of amides is 1. The van der Waals surface area contributed by atoms with E-state index in [4.69, 9.17) is 4.52 Å². The highest BCUT2D eigenvalue weighted by atomic mass is 16.5. The van der Waals surface area contributed by atoms with Crippen molar-refractivity contribution in [3.8, 4) is 0 Å². The Morgan fingerprint density at radius 3 is 2.70 bits per heavy atom. The van der Waals surface area contributed by atoms with Gasteiger partial charge in [0.1, 0.15) is 0 Å². The average molecular weight is 373 g/mol. The van der Waals surface area contributed by atoms with E-state index in [1.165, 1.54) is 0 Å². The maximum absolute atomic E-state index is 13.0.